The number of carbonyl (C=O) groups excluding carboxylic acids is 1. The van der Waals surface area contributed by atoms with Crippen molar-refractivity contribution < 1.29 is 17.9 Å². The summed E-state index contributed by atoms with van der Waals surface area (Å²) in [6, 6.07) is 5.67. The largest absolute Gasteiger partial charge is 0.443 e. The van der Waals surface area contributed by atoms with E-state index in [1.165, 1.54) is 29.2 Å². The van der Waals surface area contributed by atoms with Crippen molar-refractivity contribution in [1.82, 2.24) is 0 Å². The van der Waals surface area contributed by atoms with Gasteiger partial charge in [-0.25, -0.2) is 18.4 Å². The highest BCUT2D eigenvalue weighted by molar-refractivity contribution is 7.89. The van der Waals surface area contributed by atoms with Crippen molar-refractivity contribution in [3.63, 3.8) is 0 Å². The quantitative estimate of drug-likeness (QED) is 0.838. The summed E-state index contributed by atoms with van der Waals surface area (Å²) < 4.78 is 27.2. The lowest BCUT2D eigenvalue weighted by molar-refractivity contribution is 0.151. The van der Waals surface area contributed by atoms with Gasteiger partial charge in [-0.1, -0.05) is 0 Å². The summed E-state index contributed by atoms with van der Waals surface area (Å²) in [5, 5.41) is 4.98. The number of alkyl halides is 1. The molecule has 18 heavy (non-hydrogen) atoms. The summed E-state index contributed by atoms with van der Waals surface area (Å²) in [4.78, 5) is 12.9. The lowest BCUT2D eigenvalue weighted by atomic mass is 10.3. The number of anilines is 1. The molecule has 0 unspecified atom stereocenters. The van der Waals surface area contributed by atoms with E-state index in [-0.39, 0.29) is 16.9 Å². The van der Waals surface area contributed by atoms with E-state index in [1.54, 1.807) is 0 Å². The molecular formula is C10H11ClN2O4S. The van der Waals surface area contributed by atoms with Gasteiger partial charge in [0.05, 0.1) is 17.3 Å². The number of amides is 1. The van der Waals surface area contributed by atoms with E-state index in [0.717, 1.165) is 0 Å². The molecule has 0 radical (unpaired) electrons. The number of primary sulfonamides is 1. The highest BCUT2D eigenvalue weighted by atomic mass is 35.5. The summed E-state index contributed by atoms with van der Waals surface area (Å²) in [7, 11) is -3.73. The monoisotopic (exact) mass is 290 g/mol. The SMILES string of the molecule is NS(=O)(=O)c1ccc(N2C[C@@H](CCl)OC2=O)cc1. The lowest BCUT2D eigenvalue weighted by Gasteiger charge is -2.12. The molecule has 1 amide bonds. The molecule has 1 heterocycles. The maximum atomic E-state index is 11.5. The molecule has 0 aromatic heterocycles. The number of hydrogen-bond donors (Lipinski definition) is 1. The first-order valence-corrected chi connectivity index (χ1v) is 7.17. The van der Waals surface area contributed by atoms with Gasteiger partial charge in [-0.2, -0.15) is 0 Å². The molecule has 0 aliphatic carbocycles. The van der Waals surface area contributed by atoms with E-state index in [2.05, 4.69) is 0 Å². The van der Waals surface area contributed by atoms with Gasteiger partial charge in [0.1, 0.15) is 6.10 Å². The number of ether oxygens (including phenoxy) is 1. The van der Waals surface area contributed by atoms with E-state index in [1.807, 2.05) is 0 Å². The highest BCUT2D eigenvalue weighted by Gasteiger charge is 2.31. The zero-order chi connectivity index (χ0) is 13.3. The van der Waals surface area contributed by atoms with Gasteiger partial charge in [0, 0.05) is 5.69 Å². The fraction of sp³-hybridized carbons (Fsp3) is 0.300. The van der Waals surface area contributed by atoms with E-state index in [4.69, 9.17) is 21.5 Å². The Labute approximate surface area is 109 Å². The number of halogens is 1. The fourth-order valence-electron chi connectivity index (χ4n) is 1.63. The van der Waals surface area contributed by atoms with Crippen molar-refractivity contribution in [3.05, 3.63) is 24.3 Å². The summed E-state index contributed by atoms with van der Waals surface area (Å²) in [5.41, 5.74) is 0.542. The first-order chi connectivity index (χ1) is 8.41. The molecule has 1 aromatic rings. The van der Waals surface area contributed by atoms with Crippen LogP contribution in [0.25, 0.3) is 0 Å². The summed E-state index contributed by atoms with van der Waals surface area (Å²) in [5.74, 6) is 0.220. The number of benzene rings is 1. The summed E-state index contributed by atoms with van der Waals surface area (Å²) in [6.45, 7) is 0.344. The maximum absolute atomic E-state index is 11.5. The molecule has 1 aliphatic heterocycles. The molecule has 0 saturated carbocycles. The first-order valence-electron chi connectivity index (χ1n) is 5.09. The number of cyclic esters (lactones) is 1. The van der Waals surface area contributed by atoms with Gasteiger partial charge in [0.2, 0.25) is 10.0 Å². The molecule has 2 N–H and O–H groups in total. The summed E-state index contributed by atoms with van der Waals surface area (Å²) >= 11 is 5.61. The van der Waals surface area contributed by atoms with Gasteiger partial charge >= 0.3 is 6.09 Å². The lowest BCUT2D eigenvalue weighted by Crippen LogP contribution is -2.24. The van der Waals surface area contributed by atoms with Crippen molar-refractivity contribution in [3.8, 4) is 0 Å². The van der Waals surface area contributed by atoms with Crippen LogP contribution in [0.1, 0.15) is 0 Å². The standard InChI is InChI=1S/C10H11ClN2O4S/c11-5-8-6-13(10(14)17-8)7-1-3-9(4-2-7)18(12,15)16/h1-4,8H,5-6H2,(H2,12,15,16)/t8-/m1/s1. The number of rotatable bonds is 3. The van der Waals surface area contributed by atoms with Crippen LogP contribution in [0.4, 0.5) is 10.5 Å². The van der Waals surface area contributed by atoms with E-state index >= 15 is 0 Å². The fourth-order valence-corrected chi connectivity index (χ4v) is 2.30. The smallest absolute Gasteiger partial charge is 0.414 e. The molecule has 1 aliphatic rings. The maximum Gasteiger partial charge on any atom is 0.414 e. The predicted molar refractivity (Wildman–Crippen MR) is 66.2 cm³/mol. The average molecular weight is 291 g/mol. The van der Waals surface area contributed by atoms with Crippen LogP contribution in [-0.2, 0) is 14.8 Å². The number of carbonyl (C=O) groups is 1. The van der Waals surface area contributed by atoms with Gasteiger partial charge in [-0.15, -0.1) is 11.6 Å². The average Bonchev–Trinajstić information content (AvgIpc) is 2.70. The highest BCUT2D eigenvalue weighted by Crippen LogP contribution is 2.23. The molecule has 2 rings (SSSR count). The minimum absolute atomic E-state index is 0.00675. The zero-order valence-electron chi connectivity index (χ0n) is 9.24. The molecule has 1 fully saturated rings. The normalized spacial score (nSPS) is 20.0. The van der Waals surface area contributed by atoms with Crippen molar-refractivity contribution in [2.75, 3.05) is 17.3 Å². The third kappa shape index (κ3) is 2.58. The Bertz CT molecular complexity index is 558. The predicted octanol–water partition coefficient (Wildman–Crippen LogP) is 0.898. The van der Waals surface area contributed by atoms with Crippen molar-refractivity contribution in [2.24, 2.45) is 5.14 Å². The topological polar surface area (TPSA) is 89.7 Å². The third-order valence-corrected chi connectivity index (χ3v) is 3.80. The third-order valence-electron chi connectivity index (χ3n) is 2.52. The van der Waals surface area contributed by atoms with Crippen LogP contribution < -0.4 is 10.0 Å². The number of hydrogen-bond acceptors (Lipinski definition) is 4. The molecular weight excluding hydrogens is 280 g/mol. The van der Waals surface area contributed by atoms with Crippen LogP contribution >= 0.6 is 11.6 Å². The Hall–Kier alpha value is -1.31. The van der Waals surface area contributed by atoms with Gasteiger partial charge in [0.15, 0.2) is 0 Å². The zero-order valence-corrected chi connectivity index (χ0v) is 10.8. The Kier molecular flexibility index (Phi) is 3.47. The Morgan fingerprint density at radius 3 is 2.44 bits per heavy atom. The molecule has 0 spiro atoms. The molecule has 8 heteroatoms. The molecule has 0 bridgehead atoms. The van der Waals surface area contributed by atoms with E-state index in [9.17, 15) is 13.2 Å². The van der Waals surface area contributed by atoms with Crippen LogP contribution in [0, 0.1) is 0 Å². The molecule has 98 valence electrons. The van der Waals surface area contributed by atoms with Gasteiger partial charge < -0.3 is 4.74 Å². The second-order valence-electron chi connectivity index (χ2n) is 3.81. The van der Waals surface area contributed by atoms with Crippen LogP contribution in [0.3, 0.4) is 0 Å². The second-order valence-corrected chi connectivity index (χ2v) is 5.68. The van der Waals surface area contributed by atoms with Crippen molar-refractivity contribution >= 4 is 33.4 Å². The Morgan fingerprint density at radius 2 is 2.00 bits per heavy atom. The molecule has 1 aromatic carbocycles. The minimum Gasteiger partial charge on any atom is -0.443 e. The molecule has 1 saturated heterocycles. The summed E-state index contributed by atoms with van der Waals surface area (Å²) in [6.07, 6.45) is -0.846. The van der Waals surface area contributed by atoms with Crippen molar-refractivity contribution in [1.29, 1.82) is 0 Å². The van der Waals surface area contributed by atoms with E-state index < -0.39 is 16.1 Å². The minimum atomic E-state index is -3.73. The van der Waals surface area contributed by atoms with Crippen LogP contribution in [0.15, 0.2) is 29.2 Å². The second kappa shape index (κ2) is 4.75. The van der Waals surface area contributed by atoms with Crippen LogP contribution in [-0.4, -0.2) is 33.0 Å². The van der Waals surface area contributed by atoms with Gasteiger partial charge in [-0.3, -0.25) is 4.90 Å². The van der Waals surface area contributed by atoms with E-state index in [0.29, 0.717) is 12.2 Å². The number of nitrogens with zero attached hydrogens (tertiary/aromatic N) is 1. The Balaban J connectivity index is 2.23. The van der Waals surface area contributed by atoms with Gasteiger partial charge in [-0.05, 0) is 24.3 Å². The van der Waals surface area contributed by atoms with Crippen molar-refractivity contribution in [2.45, 2.75) is 11.0 Å². The molecule has 1 atom stereocenters. The van der Waals surface area contributed by atoms with Crippen LogP contribution in [0.5, 0.6) is 0 Å². The van der Waals surface area contributed by atoms with Gasteiger partial charge in [0.25, 0.3) is 0 Å². The van der Waals surface area contributed by atoms with Crippen LogP contribution in [0.2, 0.25) is 0 Å². The Morgan fingerprint density at radius 1 is 1.39 bits per heavy atom. The molecule has 6 nitrogen and oxygen atoms in total. The number of nitrogens with two attached hydrogens (primary N) is 1. The first kappa shape index (κ1) is 13.1. The number of sulfonamides is 1.